The lowest BCUT2D eigenvalue weighted by Crippen LogP contribution is -2.15. The first-order valence-electron chi connectivity index (χ1n) is 9.36. The molecule has 148 valence electrons. The third-order valence-electron chi connectivity index (χ3n) is 4.13. The molecule has 0 bridgehead atoms. The Morgan fingerprint density at radius 2 is 1.86 bits per heavy atom. The van der Waals surface area contributed by atoms with Gasteiger partial charge in [0.2, 0.25) is 5.91 Å². The summed E-state index contributed by atoms with van der Waals surface area (Å²) in [6.45, 7) is 2.76. The van der Waals surface area contributed by atoms with Crippen LogP contribution in [-0.2, 0) is 4.79 Å². The highest BCUT2D eigenvalue weighted by atomic mass is 16.6. The van der Waals surface area contributed by atoms with Gasteiger partial charge in [0.1, 0.15) is 19.0 Å². The van der Waals surface area contributed by atoms with Crippen molar-refractivity contribution in [2.45, 2.75) is 6.42 Å². The van der Waals surface area contributed by atoms with Crippen LogP contribution in [0.5, 0.6) is 17.2 Å². The number of anilines is 1. The second kappa shape index (κ2) is 9.80. The fourth-order valence-electron chi connectivity index (χ4n) is 2.72. The van der Waals surface area contributed by atoms with Gasteiger partial charge in [-0.2, -0.15) is 0 Å². The van der Waals surface area contributed by atoms with Crippen LogP contribution >= 0.6 is 0 Å². The van der Waals surface area contributed by atoms with Crippen molar-refractivity contribution in [1.29, 1.82) is 0 Å². The van der Waals surface area contributed by atoms with Crippen molar-refractivity contribution < 1.29 is 19.0 Å². The van der Waals surface area contributed by atoms with Crippen molar-refractivity contribution in [2.75, 3.05) is 45.8 Å². The molecule has 0 saturated carbocycles. The Labute approximate surface area is 165 Å². The maximum atomic E-state index is 12.1. The molecule has 0 radical (unpaired) electrons. The third kappa shape index (κ3) is 6.03. The number of amides is 1. The van der Waals surface area contributed by atoms with Crippen LogP contribution in [0.2, 0.25) is 0 Å². The van der Waals surface area contributed by atoms with Crippen LogP contribution in [0, 0.1) is 0 Å². The zero-order valence-electron chi connectivity index (χ0n) is 16.3. The van der Waals surface area contributed by atoms with E-state index >= 15 is 0 Å². The van der Waals surface area contributed by atoms with Crippen LogP contribution in [0.25, 0.3) is 6.08 Å². The number of hydrogen-bond donors (Lipinski definition) is 1. The number of fused-ring (bicyclic) bond motifs is 1. The standard InChI is InChI=1S/C22H26N2O4/c1-24(2)12-3-13-26-19-8-6-18(7-9-19)23-22(25)11-5-17-4-10-20-21(16-17)28-15-14-27-20/h4-11,16H,3,12-15H2,1-2H3,(H,23,25)/b11-5+. The van der Waals surface area contributed by atoms with Gasteiger partial charge in [0, 0.05) is 18.3 Å². The molecule has 1 amide bonds. The minimum atomic E-state index is -0.199. The van der Waals surface area contributed by atoms with Crippen LogP contribution in [0.4, 0.5) is 5.69 Å². The molecule has 2 aromatic carbocycles. The number of nitrogens with one attached hydrogen (secondary N) is 1. The largest absolute Gasteiger partial charge is 0.494 e. The summed E-state index contributed by atoms with van der Waals surface area (Å²) in [5, 5.41) is 2.84. The maximum Gasteiger partial charge on any atom is 0.248 e. The van der Waals surface area contributed by atoms with Crippen molar-refractivity contribution in [2.24, 2.45) is 0 Å². The van der Waals surface area contributed by atoms with Crippen LogP contribution in [-0.4, -0.2) is 51.3 Å². The average Bonchev–Trinajstić information content (AvgIpc) is 2.70. The van der Waals surface area contributed by atoms with E-state index in [2.05, 4.69) is 10.2 Å². The fourth-order valence-corrected chi connectivity index (χ4v) is 2.72. The summed E-state index contributed by atoms with van der Waals surface area (Å²) in [4.78, 5) is 14.3. The Hall–Kier alpha value is -2.99. The van der Waals surface area contributed by atoms with E-state index in [4.69, 9.17) is 14.2 Å². The van der Waals surface area contributed by atoms with Crippen LogP contribution in [0.1, 0.15) is 12.0 Å². The molecule has 6 heteroatoms. The van der Waals surface area contributed by atoms with Gasteiger partial charge in [-0.25, -0.2) is 0 Å². The van der Waals surface area contributed by atoms with Crippen molar-refractivity contribution in [3.8, 4) is 17.2 Å². The number of hydrogen-bond acceptors (Lipinski definition) is 5. The minimum absolute atomic E-state index is 0.199. The Kier molecular flexibility index (Phi) is 6.92. The van der Waals surface area contributed by atoms with E-state index < -0.39 is 0 Å². The molecule has 0 atom stereocenters. The summed E-state index contributed by atoms with van der Waals surface area (Å²) in [5.41, 5.74) is 1.60. The van der Waals surface area contributed by atoms with E-state index in [1.54, 1.807) is 6.08 Å². The lowest BCUT2D eigenvalue weighted by Gasteiger charge is -2.18. The number of nitrogens with zero attached hydrogens (tertiary/aromatic N) is 1. The van der Waals surface area contributed by atoms with E-state index in [-0.39, 0.29) is 5.91 Å². The second-order valence-electron chi connectivity index (χ2n) is 6.76. The van der Waals surface area contributed by atoms with Crippen LogP contribution in [0.15, 0.2) is 48.5 Å². The van der Waals surface area contributed by atoms with Gasteiger partial charge < -0.3 is 24.4 Å². The molecule has 1 aliphatic heterocycles. The summed E-state index contributed by atoms with van der Waals surface area (Å²) < 4.78 is 16.7. The zero-order valence-corrected chi connectivity index (χ0v) is 16.3. The lowest BCUT2D eigenvalue weighted by molar-refractivity contribution is -0.111. The number of benzene rings is 2. The Bertz CT molecular complexity index is 816. The van der Waals surface area contributed by atoms with E-state index in [9.17, 15) is 4.79 Å². The number of carbonyl (C=O) groups excluding carboxylic acids is 1. The molecule has 0 fully saturated rings. The van der Waals surface area contributed by atoms with E-state index in [1.165, 1.54) is 6.08 Å². The first-order valence-corrected chi connectivity index (χ1v) is 9.36. The molecule has 0 saturated heterocycles. The summed E-state index contributed by atoms with van der Waals surface area (Å²) in [5.74, 6) is 2.03. The van der Waals surface area contributed by atoms with Crippen molar-refractivity contribution >= 4 is 17.7 Å². The van der Waals surface area contributed by atoms with Crippen molar-refractivity contribution in [3.63, 3.8) is 0 Å². The van der Waals surface area contributed by atoms with Gasteiger partial charge in [-0.1, -0.05) is 6.07 Å². The average molecular weight is 382 g/mol. The van der Waals surface area contributed by atoms with E-state index in [0.717, 1.165) is 35.7 Å². The molecule has 6 nitrogen and oxygen atoms in total. The number of rotatable bonds is 8. The SMILES string of the molecule is CN(C)CCCOc1ccc(NC(=O)/C=C/c2ccc3c(c2)OCCO3)cc1. The number of ether oxygens (including phenoxy) is 3. The van der Waals surface area contributed by atoms with Gasteiger partial charge in [-0.05, 0) is 68.6 Å². The smallest absolute Gasteiger partial charge is 0.248 e. The molecule has 1 N–H and O–H groups in total. The molecule has 1 aliphatic rings. The minimum Gasteiger partial charge on any atom is -0.494 e. The highest BCUT2D eigenvalue weighted by Crippen LogP contribution is 2.31. The van der Waals surface area contributed by atoms with Crippen LogP contribution in [0.3, 0.4) is 0 Å². The first-order chi connectivity index (χ1) is 13.6. The topological polar surface area (TPSA) is 60.0 Å². The molecule has 0 aromatic heterocycles. The van der Waals surface area contributed by atoms with E-state index in [0.29, 0.717) is 25.6 Å². The third-order valence-corrected chi connectivity index (χ3v) is 4.13. The normalized spacial score (nSPS) is 13.0. The molecule has 28 heavy (non-hydrogen) atoms. The molecule has 1 heterocycles. The Morgan fingerprint density at radius 3 is 2.61 bits per heavy atom. The van der Waals surface area contributed by atoms with Gasteiger partial charge in [0.15, 0.2) is 11.5 Å². The molecule has 0 unspecified atom stereocenters. The molecular formula is C22H26N2O4. The van der Waals surface area contributed by atoms with Gasteiger partial charge in [0.05, 0.1) is 6.61 Å². The van der Waals surface area contributed by atoms with Gasteiger partial charge in [-0.3, -0.25) is 4.79 Å². The van der Waals surface area contributed by atoms with Gasteiger partial charge >= 0.3 is 0 Å². The molecule has 0 spiro atoms. The predicted molar refractivity (Wildman–Crippen MR) is 110 cm³/mol. The Balaban J connectivity index is 1.48. The predicted octanol–water partition coefficient (Wildman–Crippen LogP) is 3.44. The summed E-state index contributed by atoms with van der Waals surface area (Å²) in [7, 11) is 4.08. The maximum absolute atomic E-state index is 12.1. The van der Waals surface area contributed by atoms with Crippen LogP contribution < -0.4 is 19.5 Å². The highest BCUT2D eigenvalue weighted by Gasteiger charge is 2.10. The molecule has 0 aliphatic carbocycles. The summed E-state index contributed by atoms with van der Waals surface area (Å²) in [6.07, 6.45) is 4.21. The molecule has 2 aromatic rings. The summed E-state index contributed by atoms with van der Waals surface area (Å²) >= 11 is 0. The monoisotopic (exact) mass is 382 g/mol. The zero-order chi connectivity index (χ0) is 19.8. The van der Waals surface area contributed by atoms with Gasteiger partial charge in [-0.15, -0.1) is 0 Å². The molecule has 3 rings (SSSR count). The van der Waals surface area contributed by atoms with Gasteiger partial charge in [0.25, 0.3) is 0 Å². The number of carbonyl (C=O) groups is 1. The highest BCUT2D eigenvalue weighted by molar-refractivity contribution is 6.01. The summed E-state index contributed by atoms with van der Waals surface area (Å²) in [6, 6.07) is 13.0. The first kappa shape index (κ1) is 19.8. The lowest BCUT2D eigenvalue weighted by atomic mass is 10.2. The quantitative estimate of drug-likeness (QED) is 0.560. The second-order valence-corrected chi connectivity index (χ2v) is 6.76. The molecular weight excluding hydrogens is 356 g/mol. The van der Waals surface area contributed by atoms with Crippen molar-refractivity contribution in [1.82, 2.24) is 4.90 Å². The van der Waals surface area contributed by atoms with Crippen molar-refractivity contribution in [3.05, 3.63) is 54.1 Å². The van der Waals surface area contributed by atoms with E-state index in [1.807, 2.05) is 56.6 Å². The Morgan fingerprint density at radius 1 is 1.11 bits per heavy atom. The fraction of sp³-hybridized carbons (Fsp3) is 0.318.